The van der Waals surface area contributed by atoms with Crippen molar-refractivity contribution < 1.29 is 8.78 Å². The zero-order valence-electron chi connectivity index (χ0n) is 10.7. The molecular weight excluding hydrogens is 238 g/mol. The summed E-state index contributed by atoms with van der Waals surface area (Å²) in [6.45, 7) is 14.9. The van der Waals surface area contributed by atoms with Gasteiger partial charge in [-0.05, 0) is 6.92 Å². The molecule has 0 aliphatic carbocycles. The molecule has 0 radical (unpaired) electrons. The van der Waals surface area contributed by atoms with E-state index < -0.39 is 12.5 Å². The SMILES string of the molecule is C=C.C=NN(CC(C)(F)F)C(=C)c1cnc(C)[nH]1. The molecule has 4 nitrogen and oxygen atoms in total. The number of nitrogens with one attached hydrogen (secondary N) is 1. The molecular formula is C12H18F2N4. The fraction of sp³-hybridized carbons (Fsp3) is 0.333. The second-order valence-corrected chi connectivity index (χ2v) is 3.60. The minimum atomic E-state index is -2.86. The van der Waals surface area contributed by atoms with Crippen LogP contribution >= 0.6 is 0 Å². The van der Waals surface area contributed by atoms with Gasteiger partial charge in [-0.25, -0.2) is 13.8 Å². The molecule has 0 spiro atoms. The fourth-order valence-corrected chi connectivity index (χ4v) is 1.20. The maximum absolute atomic E-state index is 12.8. The minimum Gasteiger partial charge on any atom is -0.341 e. The molecule has 0 unspecified atom stereocenters. The molecule has 100 valence electrons. The molecule has 0 amide bonds. The van der Waals surface area contributed by atoms with Crippen LogP contribution in [-0.2, 0) is 0 Å². The van der Waals surface area contributed by atoms with Crippen molar-refractivity contribution in [1.29, 1.82) is 0 Å². The Morgan fingerprint density at radius 3 is 2.44 bits per heavy atom. The molecule has 0 atom stereocenters. The predicted molar refractivity (Wildman–Crippen MR) is 70.5 cm³/mol. The summed E-state index contributed by atoms with van der Waals surface area (Å²) >= 11 is 0. The molecule has 18 heavy (non-hydrogen) atoms. The first-order valence-corrected chi connectivity index (χ1v) is 5.16. The minimum absolute atomic E-state index is 0.317. The summed E-state index contributed by atoms with van der Waals surface area (Å²) in [5, 5.41) is 4.56. The van der Waals surface area contributed by atoms with Gasteiger partial charge in [0.2, 0.25) is 0 Å². The van der Waals surface area contributed by atoms with Crippen LogP contribution in [0, 0.1) is 6.92 Å². The highest BCUT2D eigenvalue weighted by atomic mass is 19.3. The van der Waals surface area contributed by atoms with Crippen LogP contribution in [0.4, 0.5) is 8.78 Å². The van der Waals surface area contributed by atoms with Crippen LogP contribution in [0.15, 0.2) is 31.0 Å². The van der Waals surface area contributed by atoms with Gasteiger partial charge in [-0.15, -0.1) is 13.2 Å². The van der Waals surface area contributed by atoms with Crippen LogP contribution in [0.5, 0.6) is 0 Å². The summed E-state index contributed by atoms with van der Waals surface area (Å²) < 4.78 is 25.7. The number of imidazole rings is 1. The first-order valence-electron chi connectivity index (χ1n) is 5.16. The summed E-state index contributed by atoms with van der Waals surface area (Å²) in [6.07, 6.45) is 1.52. The highest BCUT2D eigenvalue weighted by molar-refractivity contribution is 5.58. The monoisotopic (exact) mass is 256 g/mol. The molecule has 1 N–H and O–H groups in total. The number of alkyl halides is 2. The van der Waals surface area contributed by atoms with Crippen LogP contribution in [0.3, 0.4) is 0 Å². The zero-order valence-corrected chi connectivity index (χ0v) is 10.7. The Morgan fingerprint density at radius 2 is 2.11 bits per heavy atom. The van der Waals surface area contributed by atoms with Crippen LogP contribution in [0.2, 0.25) is 0 Å². The number of rotatable bonds is 5. The van der Waals surface area contributed by atoms with Gasteiger partial charge in [0.15, 0.2) is 0 Å². The van der Waals surface area contributed by atoms with Crippen LogP contribution < -0.4 is 0 Å². The second-order valence-electron chi connectivity index (χ2n) is 3.60. The summed E-state index contributed by atoms with van der Waals surface area (Å²) in [6, 6.07) is 0. The lowest BCUT2D eigenvalue weighted by Crippen LogP contribution is -2.29. The van der Waals surface area contributed by atoms with E-state index in [0.717, 1.165) is 11.9 Å². The van der Waals surface area contributed by atoms with E-state index in [2.05, 4.69) is 41.5 Å². The van der Waals surface area contributed by atoms with Crippen molar-refractivity contribution in [1.82, 2.24) is 15.0 Å². The lowest BCUT2D eigenvalue weighted by Gasteiger charge is -2.23. The van der Waals surface area contributed by atoms with Crippen molar-refractivity contribution in [3.05, 3.63) is 37.5 Å². The smallest absolute Gasteiger partial charge is 0.264 e. The van der Waals surface area contributed by atoms with E-state index in [1.807, 2.05) is 0 Å². The van der Waals surface area contributed by atoms with E-state index in [9.17, 15) is 8.78 Å². The predicted octanol–water partition coefficient (Wildman–Crippen LogP) is 3.06. The number of aromatic nitrogens is 2. The first-order chi connectivity index (χ1) is 8.33. The summed E-state index contributed by atoms with van der Waals surface area (Å²) in [5.41, 5.74) is 0.867. The molecule has 6 heteroatoms. The number of hydrogen-bond donors (Lipinski definition) is 1. The third-order valence-corrected chi connectivity index (χ3v) is 1.92. The Kier molecular flexibility index (Phi) is 5.95. The summed E-state index contributed by atoms with van der Waals surface area (Å²) in [4.78, 5) is 6.85. The third-order valence-electron chi connectivity index (χ3n) is 1.92. The van der Waals surface area contributed by atoms with E-state index in [0.29, 0.717) is 17.2 Å². The Hall–Kier alpha value is -1.98. The fourth-order valence-electron chi connectivity index (χ4n) is 1.20. The number of aromatic amines is 1. The van der Waals surface area contributed by atoms with E-state index in [-0.39, 0.29) is 0 Å². The highest BCUT2D eigenvalue weighted by Gasteiger charge is 2.26. The van der Waals surface area contributed by atoms with Crippen molar-refractivity contribution in [3.8, 4) is 0 Å². The number of H-pyrrole nitrogens is 1. The van der Waals surface area contributed by atoms with Crippen molar-refractivity contribution in [2.75, 3.05) is 6.54 Å². The van der Waals surface area contributed by atoms with E-state index in [4.69, 9.17) is 0 Å². The lowest BCUT2D eigenvalue weighted by atomic mass is 10.3. The van der Waals surface area contributed by atoms with Crippen molar-refractivity contribution in [2.45, 2.75) is 19.8 Å². The topological polar surface area (TPSA) is 44.3 Å². The molecule has 1 aromatic rings. The van der Waals surface area contributed by atoms with Crippen LogP contribution in [-0.4, -0.2) is 34.2 Å². The number of nitrogens with zero attached hydrogens (tertiary/aromatic N) is 3. The summed E-state index contributed by atoms with van der Waals surface area (Å²) in [7, 11) is 0. The largest absolute Gasteiger partial charge is 0.341 e. The number of hydrazone groups is 1. The van der Waals surface area contributed by atoms with Crippen molar-refractivity contribution in [2.24, 2.45) is 5.10 Å². The molecule has 1 aromatic heterocycles. The van der Waals surface area contributed by atoms with Crippen molar-refractivity contribution in [3.63, 3.8) is 0 Å². The van der Waals surface area contributed by atoms with E-state index in [1.54, 1.807) is 6.92 Å². The van der Waals surface area contributed by atoms with Gasteiger partial charge < -0.3 is 4.98 Å². The van der Waals surface area contributed by atoms with E-state index in [1.165, 1.54) is 6.20 Å². The quantitative estimate of drug-likeness (QED) is 0.500. The first kappa shape index (κ1) is 16.0. The highest BCUT2D eigenvalue weighted by Crippen LogP contribution is 2.21. The third kappa shape index (κ3) is 4.90. The van der Waals surface area contributed by atoms with Crippen LogP contribution in [0.1, 0.15) is 18.4 Å². The lowest BCUT2D eigenvalue weighted by molar-refractivity contribution is 0.0000949. The van der Waals surface area contributed by atoms with Crippen LogP contribution in [0.25, 0.3) is 5.70 Å². The molecule has 0 bridgehead atoms. The second kappa shape index (κ2) is 6.68. The van der Waals surface area contributed by atoms with Crippen molar-refractivity contribution >= 4 is 12.4 Å². The molecule has 0 aromatic carbocycles. The molecule has 0 saturated heterocycles. The number of aryl methyl sites for hydroxylation is 1. The molecule has 0 fully saturated rings. The van der Waals surface area contributed by atoms with Gasteiger partial charge in [-0.2, -0.15) is 5.10 Å². The normalized spacial score (nSPS) is 10.2. The Balaban J connectivity index is 0.00000137. The average molecular weight is 256 g/mol. The molecule has 0 aliphatic heterocycles. The van der Waals surface area contributed by atoms with Gasteiger partial charge >= 0.3 is 0 Å². The molecule has 0 aliphatic rings. The Labute approximate surface area is 106 Å². The Morgan fingerprint density at radius 1 is 1.56 bits per heavy atom. The Bertz CT molecular complexity index is 406. The molecule has 1 heterocycles. The maximum atomic E-state index is 12.8. The van der Waals surface area contributed by atoms with E-state index >= 15 is 0 Å². The van der Waals surface area contributed by atoms with Gasteiger partial charge in [0, 0.05) is 13.6 Å². The standard InChI is InChI=1S/C10H14F2N4.C2H4/c1-7(9-5-14-8(2)15-9)16(13-4)6-10(3,11)12;1-2/h5H,1,4,6H2,2-3H3,(H,14,15);1-2H2. The van der Waals surface area contributed by atoms with Gasteiger partial charge in [-0.3, -0.25) is 5.01 Å². The molecule has 0 saturated carbocycles. The number of hydrogen-bond acceptors (Lipinski definition) is 3. The van der Waals surface area contributed by atoms with Gasteiger partial charge in [-0.1, -0.05) is 6.58 Å². The number of halogens is 2. The maximum Gasteiger partial charge on any atom is 0.264 e. The van der Waals surface area contributed by atoms with Gasteiger partial charge in [0.05, 0.1) is 17.6 Å². The van der Waals surface area contributed by atoms with Gasteiger partial charge in [0.1, 0.15) is 12.4 Å². The zero-order chi connectivity index (χ0) is 14.3. The average Bonchev–Trinajstić information content (AvgIpc) is 2.73. The summed E-state index contributed by atoms with van der Waals surface area (Å²) in [5.74, 6) is -2.18. The molecule has 1 rings (SSSR count). The van der Waals surface area contributed by atoms with Gasteiger partial charge in [0.25, 0.3) is 5.92 Å².